The molecule has 0 radical (unpaired) electrons. The van der Waals surface area contributed by atoms with E-state index in [1.807, 2.05) is 12.2 Å². The van der Waals surface area contributed by atoms with E-state index in [1.165, 1.54) is 0 Å². The second kappa shape index (κ2) is 11.8. The van der Waals surface area contributed by atoms with Gasteiger partial charge in [-0.05, 0) is 37.7 Å². The lowest BCUT2D eigenvalue weighted by Gasteiger charge is -2.17. The molecule has 26 heavy (non-hydrogen) atoms. The Morgan fingerprint density at radius 1 is 1.31 bits per heavy atom. The van der Waals surface area contributed by atoms with Crippen LogP contribution in [0.15, 0.2) is 36.5 Å². The van der Waals surface area contributed by atoms with Crippen molar-refractivity contribution >= 4 is 11.8 Å². The van der Waals surface area contributed by atoms with E-state index in [4.69, 9.17) is 5.11 Å². The first-order valence-electron chi connectivity index (χ1n) is 9.48. The second-order valence-electron chi connectivity index (χ2n) is 7.01. The van der Waals surface area contributed by atoms with Gasteiger partial charge in [0.2, 0.25) is 0 Å². The summed E-state index contributed by atoms with van der Waals surface area (Å²) in [6.45, 7) is 5.98. The minimum absolute atomic E-state index is 0.0293. The molecule has 0 bridgehead atoms. The maximum Gasteiger partial charge on any atom is 0.303 e. The zero-order chi connectivity index (χ0) is 19.5. The van der Waals surface area contributed by atoms with Gasteiger partial charge in [-0.2, -0.15) is 0 Å². The van der Waals surface area contributed by atoms with Gasteiger partial charge in [-0.15, -0.1) is 0 Å². The zero-order valence-corrected chi connectivity index (χ0v) is 15.6. The highest BCUT2D eigenvalue weighted by molar-refractivity contribution is 5.84. The summed E-state index contributed by atoms with van der Waals surface area (Å²) >= 11 is 0. The first kappa shape index (κ1) is 22.3. The molecule has 1 aliphatic carbocycles. The van der Waals surface area contributed by atoms with Crippen molar-refractivity contribution in [3.05, 3.63) is 36.5 Å². The van der Waals surface area contributed by atoms with Gasteiger partial charge in [0.1, 0.15) is 5.78 Å². The Hall–Kier alpha value is -1.72. The zero-order valence-electron chi connectivity index (χ0n) is 15.6. The molecule has 0 spiro atoms. The van der Waals surface area contributed by atoms with Crippen LogP contribution in [0.5, 0.6) is 0 Å². The van der Waals surface area contributed by atoms with Gasteiger partial charge in [-0.25, -0.2) is 0 Å². The van der Waals surface area contributed by atoms with Gasteiger partial charge in [0.15, 0.2) is 0 Å². The van der Waals surface area contributed by atoms with Crippen LogP contribution in [0.3, 0.4) is 0 Å². The summed E-state index contributed by atoms with van der Waals surface area (Å²) in [5, 5.41) is 28.9. The molecule has 1 saturated carbocycles. The Labute approximate surface area is 156 Å². The molecular formula is C21H32O5. The lowest BCUT2D eigenvalue weighted by Crippen LogP contribution is -2.19. The van der Waals surface area contributed by atoms with Crippen molar-refractivity contribution in [1.29, 1.82) is 0 Å². The summed E-state index contributed by atoms with van der Waals surface area (Å²) in [5.41, 5.74) is 0.747. The highest BCUT2D eigenvalue weighted by Crippen LogP contribution is 2.33. The highest BCUT2D eigenvalue weighted by atomic mass is 16.4. The first-order valence-corrected chi connectivity index (χ1v) is 9.48. The van der Waals surface area contributed by atoms with E-state index in [-0.39, 0.29) is 30.5 Å². The minimum atomic E-state index is -0.809. The lowest BCUT2D eigenvalue weighted by atomic mass is 9.90. The minimum Gasteiger partial charge on any atom is -0.481 e. The van der Waals surface area contributed by atoms with Crippen molar-refractivity contribution in [3.8, 4) is 0 Å². The van der Waals surface area contributed by atoms with Crippen molar-refractivity contribution in [1.82, 2.24) is 0 Å². The largest absolute Gasteiger partial charge is 0.481 e. The second-order valence-corrected chi connectivity index (χ2v) is 7.01. The Bertz CT molecular complexity index is 535. The number of rotatable bonds is 12. The molecule has 0 unspecified atom stereocenters. The molecule has 0 aliphatic heterocycles. The van der Waals surface area contributed by atoms with Crippen LogP contribution in [0.25, 0.3) is 0 Å². The number of Topliss-reactive ketones (excluding diaryl/α,β-unsaturated/α-hetero) is 1. The maximum absolute atomic E-state index is 12.1. The summed E-state index contributed by atoms with van der Waals surface area (Å²) < 4.78 is 0. The maximum atomic E-state index is 12.1. The molecule has 146 valence electrons. The van der Waals surface area contributed by atoms with Crippen molar-refractivity contribution < 1.29 is 24.9 Å². The van der Waals surface area contributed by atoms with Crippen molar-refractivity contribution in [3.63, 3.8) is 0 Å². The third kappa shape index (κ3) is 7.67. The molecule has 0 saturated heterocycles. The van der Waals surface area contributed by atoms with E-state index in [2.05, 4.69) is 13.5 Å². The summed E-state index contributed by atoms with van der Waals surface area (Å²) in [7, 11) is 0. The van der Waals surface area contributed by atoms with E-state index in [1.54, 1.807) is 12.2 Å². The molecule has 3 N–H and O–H groups in total. The fraction of sp³-hybridized carbons (Fsp3) is 0.619. The van der Waals surface area contributed by atoms with Gasteiger partial charge >= 0.3 is 5.97 Å². The quantitative estimate of drug-likeness (QED) is 0.364. The van der Waals surface area contributed by atoms with Gasteiger partial charge in [0, 0.05) is 24.7 Å². The van der Waals surface area contributed by atoms with Crippen LogP contribution in [0.2, 0.25) is 0 Å². The number of unbranched alkanes of at least 4 members (excludes halogenated alkanes) is 2. The lowest BCUT2D eigenvalue weighted by molar-refractivity contribution is -0.137. The molecule has 5 nitrogen and oxygen atoms in total. The number of carboxylic acids is 1. The van der Waals surface area contributed by atoms with Crippen LogP contribution >= 0.6 is 0 Å². The Morgan fingerprint density at radius 2 is 2.04 bits per heavy atom. The van der Waals surface area contributed by atoms with Gasteiger partial charge in [-0.3, -0.25) is 9.59 Å². The normalized spacial score (nSPS) is 24.6. The predicted molar refractivity (Wildman–Crippen MR) is 102 cm³/mol. The SMILES string of the molecule is C=C(CCCC)[C@H](O)/C=C/[C@H]1[C@H](O)CC(=O)[C@@H]1C/C=C\CCCC(=O)O. The Balaban J connectivity index is 2.56. The van der Waals surface area contributed by atoms with Gasteiger partial charge in [-0.1, -0.05) is 44.2 Å². The molecule has 1 aliphatic rings. The fourth-order valence-corrected chi connectivity index (χ4v) is 3.18. The average Bonchev–Trinajstić information content (AvgIpc) is 2.86. The van der Waals surface area contributed by atoms with Crippen LogP contribution in [0, 0.1) is 11.8 Å². The van der Waals surface area contributed by atoms with Crippen LogP contribution in [-0.2, 0) is 9.59 Å². The van der Waals surface area contributed by atoms with E-state index in [0.717, 1.165) is 24.8 Å². The molecule has 1 fully saturated rings. The van der Waals surface area contributed by atoms with Gasteiger partial charge in [0.05, 0.1) is 12.2 Å². The predicted octanol–water partition coefficient (Wildman–Crippen LogP) is 3.42. The molecule has 0 aromatic heterocycles. The van der Waals surface area contributed by atoms with Gasteiger partial charge in [0.25, 0.3) is 0 Å². The molecule has 0 amide bonds. The van der Waals surface area contributed by atoms with E-state index >= 15 is 0 Å². The molecule has 5 heteroatoms. The van der Waals surface area contributed by atoms with Crippen molar-refractivity contribution in [2.24, 2.45) is 11.8 Å². The van der Waals surface area contributed by atoms with Crippen LogP contribution in [-0.4, -0.2) is 39.3 Å². The first-order chi connectivity index (χ1) is 12.4. The number of ketones is 1. The monoisotopic (exact) mass is 364 g/mol. The van der Waals surface area contributed by atoms with E-state index in [0.29, 0.717) is 19.3 Å². The number of carbonyl (C=O) groups excluding carboxylic acids is 1. The number of allylic oxidation sites excluding steroid dienone is 2. The number of hydrogen-bond donors (Lipinski definition) is 3. The number of hydrogen-bond acceptors (Lipinski definition) is 4. The Morgan fingerprint density at radius 3 is 2.69 bits per heavy atom. The van der Waals surface area contributed by atoms with Crippen LogP contribution < -0.4 is 0 Å². The van der Waals surface area contributed by atoms with Crippen LogP contribution in [0.1, 0.15) is 58.3 Å². The number of aliphatic carboxylic acids is 1. The molecule has 1 rings (SSSR count). The molecule has 0 heterocycles. The highest BCUT2D eigenvalue weighted by Gasteiger charge is 2.39. The standard InChI is InChI=1S/C21H32O5/c1-3-4-9-15(2)18(22)13-12-17-16(19(23)14-20(17)24)10-7-5-6-8-11-21(25)26/h5,7,12-13,16-18,20,22,24H,2-4,6,8-11,14H2,1H3,(H,25,26)/b7-5-,13-12+/t16-,17-,18-,20-/m1/s1. The molecule has 0 aromatic rings. The molecular weight excluding hydrogens is 332 g/mol. The summed E-state index contributed by atoms with van der Waals surface area (Å²) in [6, 6.07) is 0. The average molecular weight is 364 g/mol. The number of carboxylic acid groups (broad SMARTS) is 1. The van der Waals surface area contributed by atoms with E-state index in [9.17, 15) is 19.8 Å². The third-order valence-electron chi connectivity index (χ3n) is 4.84. The third-order valence-corrected chi connectivity index (χ3v) is 4.84. The molecule has 0 aromatic carbocycles. The number of aliphatic hydroxyl groups is 2. The van der Waals surface area contributed by atoms with Crippen LogP contribution in [0.4, 0.5) is 0 Å². The van der Waals surface area contributed by atoms with E-state index < -0.39 is 18.2 Å². The molecule has 4 atom stereocenters. The Kier molecular flexibility index (Phi) is 10.1. The number of aliphatic hydroxyl groups excluding tert-OH is 2. The summed E-state index contributed by atoms with van der Waals surface area (Å²) in [6.07, 6.45) is 10.5. The van der Waals surface area contributed by atoms with Crippen molar-refractivity contribution in [2.75, 3.05) is 0 Å². The summed E-state index contributed by atoms with van der Waals surface area (Å²) in [4.78, 5) is 22.6. The number of carbonyl (C=O) groups is 2. The van der Waals surface area contributed by atoms with Gasteiger partial charge < -0.3 is 15.3 Å². The fourth-order valence-electron chi connectivity index (χ4n) is 3.18. The van der Waals surface area contributed by atoms with Crippen molar-refractivity contribution in [2.45, 2.75) is 70.5 Å². The summed E-state index contributed by atoms with van der Waals surface area (Å²) in [5.74, 6) is -1.38. The topological polar surface area (TPSA) is 94.8 Å². The smallest absolute Gasteiger partial charge is 0.303 e.